The standard InChI is InChI=1S/3Fe.3O/q;2*+3;3*-2. The Morgan fingerprint density at radius 3 is 0.500 bits per heavy atom. The molecule has 0 aromatic carbocycles. The van der Waals surface area contributed by atoms with Crippen molar-refractivity contribution in [2.45, 2.75) is 0 Å². The van der Waals surface area contributed by atoms with Crippen LogP contribution in [0.5, 0.6) is 0 Å². The van der Waals surface area contributed by atoms with Crippen molar-refractivity contribution in [3.63, 3.8) is 0 Å². The van der Waals surface area contributed by atoms with E-state index in [9.17, 15) is 0 Å². The molecule has 0 aromatic heterocycles. The predicted octanol–water partition coefficient (Wildman–Crippen LogP) is -0.364. The van der Waals surface area contributed by atoms with Gasteiger partial charge in [0, 0.05) is 17.1 Å². The van der Waals surface area contributed by atoms with Gasteiger partial charge in [-0.05, 0) is 0 Å². The largest absolute Gasteiger partial charge is 3.00 e. The van der Waals surface area contributed by atoms with Gasteiger partial charge in [0.25, 0.3) is 0 Å². The smallest absolute Gasteiger partial charge is 2.00 e. The Balaban J connectivity index is 0. The normalized spacial score (nSPS) is 0. The Labute approximate surface area is 67.6 Å². The minimum Gasteiger partial charge on any atom is -2.00 e. The van der Waals surface area contributed by atoms with Gasteiger partial charge in [0.1, 0.15) is 0 Å². The first-order valence-corrected chi connectivity index (χ1v) is 0. The summed E-state index contributed by atoms with van der Waals surface area (Å²) in [5.41, 5.74) is 0. The zero-order valence-electron chi connectivity index (χ0n) is 2.29. The maximum absolute atomic E-state index is 0. The second-order valence-electron chi connectivity index (χ2n) is 0. The Kier molecular flexibility index (Phi) is 2290. The monoisotopic (exact) mass is 216 g/mol. The van der Waals surface area contributed by atoms with E-state index in [1.807, 2.05) is 0 Å². The third-order valence-corrected chi connectivity index (χ3v) is 0. The Morgan fingerprint density at radius 1 is 0.500 bits per heavy atom. The first kappa shape index (κ1) is 149. The Morgan fingerprint density at radius 2 is 0.500 bits per heavy atom. The molecule has 0 aliphatic carbocycles. The van der Waals surface area contributed by atoms with E-state index in [0.29, 0.717) is 0 Å². The molecular formula is Fe3O3. The zero-order chi connectivity index (χ0) is 0. The molecule has 0 saturated carbocycles. The molecule has 6 heavy (non-hydrogen) atoms. The van der Waals surface area contributed by atoms with Gasteiger partial charge in [-0.1, -0.05) is 0 Å². The maximum Gasteiger partial charge on any atom is 3.00 e. The van der Waals surface area contributed by atoms with Crippen LogP contribution in [-0.4, -0.2) is 0 Å². The minimum absolute atomic E-state index is 0. The molecule has 0 heterocycles. The van der Waals surface area contributed by atoms with Gasteiger partial charge in [-0.3, -0.25) is 0 Å². The summed E-state index contributed by atoms with van der Waals surface area (Å²) in [5.74, 6) is 0. The minimum atomic E-state index is 0. The van der Waals surface area contributed by atoms with Crippen molar-refractivity contribution in [3.05, 3.63) is 0 Å². The summed E-state index contributed by atoms with van der Waals surface area (Å²) >= 11 is 0. The van der Waals surface area contributed by atoms with Crippen LogP contribution < -0.4 is 0 Å². The molecule has 0 aromatic rings. The van der Waals surface area contributed by atoms with Crippen LogP contribution in [0.1, 0.15) is 0 Å². The molecule has 2 radical (unpaired) electrons. The summed E-state index contributed by atoms with van der Waals surface area (Å²) in [5, 5.41) is 0. The van der Waals surface area contributed by atoms with Crippen molar-refractivity contribution < 1.29 is 67.6 Å². The van der Waals surface area contributed by atoms with Crippen LogP contribution in [-0.2, 0) is 67.6 Å². The van der Waals surface area contributed by atoms with Crippen LogP contribution in [0.2, 0.25) is 0 Å². The van der Waals surface area contributed by atoms with Crippen LogP contribution >= 0.6 is 0 Å². The van der Waals surface area contributed by atoms with E-state index >= 15 is 0 Å². The molecular weight excluding hydrogens is 216 g/mol. The van der Waals surface area contributed by atoms with Gasteiger partial charge in [-0.2, -0.15) is 0 Å². The summed E-state index contributed by atoms with van der Waals surface area (Å²) < 4.78 is 0. The SMILES string of the molecule is [Fe+3].[Fe+3].[Fe].[O-2].[O-2].[O-2]. The average Bonchev–Trinajstić information content (AvgIpc) is 0. The van der Waals surface area contributed by atoms with Crippen LogP contribution in [0.4, 0.5) is 0 Å². The molecule has 0 unspecified atom stereocenters. The summed E-state index contributed by atoms with van der Waals surface area (Å²) in [6.45, 7) is 0. The van der Waals surface area contributed by atoms with Gasteiger partial charge < -0.3 is 16.4 Å². The summed E-state index contributed by atoms with van der Waals surface area (Å²) in [6, 6.07) is 0. The predicted molar refractivity (Wildman–Crippen MR) is 2.06 cm³/mol. The quantitative estimate of drug-likeness (QED) is 0.494. The molecule has 0 aliphatic heterocycles. The number of hydrogen-bond acceptors (Lipinski definition) is 0. The van der Waals surface area contributed by atoms with Crippen LogP contribution in [0.3, 0.4) is 0 Å². The van der Waals surface area contributed by atoms with Crippen LogP contribution in [0, 0.1) is 0 Å². The topological polar surface area (TPSA) is 85.5 Å². The molecule has 42 valence electrons. The molecule has 0 fully saturated rings. The molecule has 3 nitrogen and oxygen atoms in total. The van der Waals surface area contributed by atoms with E-state index in [0.717, 1.165) is 0 Å². The van der Waals surface area contributed by atoms with Crippen molar-refractivity contribution in [3.8, 4) is 0 Å². The van der Waals surface area contributed by atoms with E-state index in [-0.39, 0.29) is 67.6 Å². The molecule has 0 aliphatic rings. The van der Waals surface area contributed by atoms with E-state index in [2.05, 4.69) is 0 Å². The van der Waals surface area contributed by atoms with Gasteiger partial charge >= 0.3 is 34.1 Å². The molecule has 0 bridgehead atoms. The third-order valence-electron chi connectivity index (χ3n) is 0. The number of hydrogen-bond donors (Lipinski definition) is 0. The van der Waals surface area contributed by atoms with Crippen molar-refractivity contribution in [1.29, 1.82) is 0 Å². The molecule has 0 rings (SSSR count). The third kappa shape index (κ3) is 51.8. The van der Waals surface area contributed by atoms with Crippen molar-refractivity contribution in [2.75, 3.05) is 0 Å². The van der Waals surface area contributed by atoms with Gasteiger partial charge in [0.05, 0.1) is 0 Å². The Bertz CT molecular complexity index is 6.00. The van der Waals surface area contributed by atoms with Gasteiger partial charge in [-0.25, -0.2) is 0 Å². The average molecular weight is 216 g/mol. The van der Waals surface area contributed by atoms with Crippen LogP contribution in [0.25, 0.3) is 0 Å². The summed E-state index contributed by atoms with van der Waals surface area (Å²) in [7, 11) is 0. The first-order chi connectivity index (χ1) is 0. The molecule has 0 spiro atoms. The second-order valence-corrected chi connectivity index (χ2v) is 0. The Hall–Kier alpha value is 1.44. The molecule has 0 saturated heterocycles. The van der Waals surface area contributed by atoms with E-state index < -0.39 is 0 Å². The second kappa shape index (κ2) is 92.0. The van der Waals surface area contributed by atoms with Gasteiger partial charge in [-0.15, -0.1) is 0 Å². The fourth-order valence-corrected chi connectivity index (χ4v) is 0. The van der Waals surface area contributed by atoms with Crippen molar-refractivity contribution in [1.82, 2.24) is 0 Å². The molecule has 0 atom stereocenters. The van der Waals surface area contributed by atoms with Gasteiger partial charge in [0.2, 0.25) is 0 Å². The maximum atomic E-state index is 0. The molecule has 6 heteroatoms. The molecule has 0 amide bonds. The van der Waals surface area contributed by atoms with Crippen molar-refractivity contribution in [2.24, 2.45) is 0 Å². The van der Waals surface area contributed by atoms with Crippen molar-refractivity contribution >= 4 is 0 Å². The summed E-state index contributed by atoms with van der Waals surface area (Å²) in [4.78, 5) is 0. The van der Waals surface area contributed by atoms with E-state index in [1.165, 1.54) is 0 Å². The fraction of sp³-hybridized carbons (Fsp3) is 0. The van der Waals surface area contributed by atoms with E-state index in [1.54, 1.807) is 0 Å². The van der Waals surface area contributed by atoms with Gasteiger partial charge in [0.15, 0.2) is 0 Å². The summed E-state index contributed by atoms with van der Waals surface area (Å²) in [6.07, 6.45) is 0. The first-order valence-electron chi connectivity index (χ1n) is 0. The molecule has 0 N–H and O–H groups in total. The fourth-order valence-electron chi connectivity index (χ4n) is 0. The van der Waals surface area contributed by atoms with Crippen LogP contribution in [0.15, 0.2) is 0 Å². The number of rotatable bonds is 0. The zero-order valence-corrected chi connectivity index (χ0v) is 5.60. The van der Waals surface area contributed by atoms with E-state index in [4.69, 9.17) is 0 Å².